The highest BCUT2D eigenvalue weighted by Gasteiger charge is 2.39. The van der Waals surface area contributed by atoms with E-state index in [0.29, 0.717) is 18.0 Å². The summed E-state index contributed by atoms with van der Waals surface area (Å²) in [7, 11) is 0. The molecular weight excluding hydrogens is 270 g/mol. The van der Waals surface area contributed by atoms with Crippen LogP contribution < -0.4 is 5.32 Å². The Morgan fingerprint density at radius 3 is 2.75 bits per heavy atom. The van der Waals surface area contributed by atoms with Crippen LogP contribution in [0.1, 0.15) is 46.5 Å². The summed E-state index contributed by atoms with van der Waals surface area (Å²) < 4.78 is 11.8. The molecule has 0 aromatic heterocycles. The molecule has 0 amide bonds. The maximum Gasteiger partial charge on any atom is 0.0713 e. The first-order valence-corrected chi connectivity index (χ1v) is 9.36. The van der Waals surface area contributed by atoms with Crippen molar-refractivity contribution in [1.29, 1.82) is 0 Å². The topological polar surface area (TPSA) is 30.5 Å². The van der Waals surface area contributed by atoms with Gasteiger partial charge in [-0.2, -0.15) is 11.8 Å². The molecule has 1 spiro atoms. The van der Waals surface area contributed by atoms with Gasteiger partial charge < -0.3 is 14.8 Å². The van der Waals surface area contributed by atoms with E-state index < -0.39 is 0 Å². The van der Waals surface area contributed by atoms with E-state index in [1.165, 1.54) is 30.8 Å². The highest BCUT2D eigenvalue weighted by molar-refractivity contribution is 7.99. The molecule has 2 heterocycles. The molecule has 0 bridgehead atoms. The van der Waals surface area contributed by atoms with E-state index in [2.05, 4.69) is 37.8 Å². The van der Waals surface area contributed by atoms with Crippen LogP contribution in [0.15, 0.2) is 0 Å². The zero-order valence-corrected chi connectivity index (χ0v) is 14.1. The number of nitrogens with one attached hydrogen (secondary N) is 1. The highest BCUT2D eigenvalue weighted by atomic mass is 32.2. The molecule has 0 aromatic carbocycles. The number of thioether (sulfide) groups is 1. The van der Waals surface area contributed by atoms with Gasteiger partial charge in [0, 0.05) is 25.3 Å². The van der Waals surface area contributed by atoms with Gasteiger partial charge in [-0.05, 0) is 50.0 Å². The number of rotatable bonds is 6. The van der Waals surface area contributed by atoms with E-state index in [4.69, 9.17) is 9.47 Å². The van der Waals surface area contributed by atoms with Gasteiger partial charge in [0.05, 0.1) is 12.2 Å². The molecular formula is C16H31NO2S. The summed E-state index contributed by atoms with van der Waals surface area (Å²) in [5.41, 5.74) is 0.175. The molecule has 4 heteroatoms. The summed E-state index contributed by atoms with van der Waals surface area (Å²) in [6.07, 6.45) is 4.79. The van der Waals surface area contributed by atoms with Crippen LogP contribution in [-0.4, -0.2) is 49.0 Å². The Labute approximate surface area is 128 Å². The third-order valence-corrected chi connectivity index (χ3v) is 5.64. The van der Waals surface area contributed by atoms with Crippen LogP contribution in [0.4, 0.5) is 0 Å². The fourth-order valence-corrected chi connectivity index (χ4v) is 4.48. The molecule has 2 rings (SSSR count). The number of hydrogen-bond acceptors (Lipinski definition) is 4. The molecule has 2 unspecified atom stereocenters. The van der Waals surface area contributed by atoms with Crippen LogP contribution in [0, 0.1) is 5.92 Å². The molecule has 2 fully saturated rings. The molecule has 118 valence electrons. The molecule has 3 nitrogen and oxygen atoms in total. The van der Waals surface area contributed by atoms with Gasteiger partial charge in [0.15, 0.2) is 0 Å². The molecule has 2 aliphatic rings. The number of ether oxygens (including phenoxy) is 2. The zero-order chi connectivity index (χ0) is 14.4. The van der Waals surface area contributed by atoms with Crippen molar-refractivity contribution in [3.63, 3.8) is 0 Å². The third kappa shape index (κ3) is 4.62. The van der Waals surface area contributed by atoms with E-state index in [1.54, 1.807) is 0 Å². The van der Waals surface area contributed by atoms with E-state index in [1.807, 2.05) is 0 Å². The predicted molar refractivity (Wildman–Crippen MR) is 86.5 cm³/mol. The minimum absolute atomic E-state index is 0.175. The van der Waals surface area contributed by atoms with E-state index in [-0.39, 0.29) is 5.60 Å². The first kappa shape index (κ1) is 16.6. The van der Waals surface area contributed by atoms with Crippen LogP contribution in [0.5, 0.6) is 0 Å². The summed E-state index contributed by atoms with van der Waals surface area (Å²) in [6, 6.07) is 1.06. The first-order valence-electron chi connectivity index (χ1n) is 8.21. The van der Waals surface area contributed by atoms with Gasteiger partial charge in [-0.15, -0.1) is 0 Å². The molecule has 2 aliphatic heterocycles. The summed E-state index contributed by atoms with van der Waals surface area (Å²) in [6.45, 7) is 9.18. The zero-order valence-electron chi connectivity index (χ0n) is 13.3. The maximum atomic E-state index is 6.18. The van der Waals surface area contributed by atoms with Crippen LogP contribution in [0.2, 0.25) is 0 Å². The largest absolute Gasteiger partial charge is 0.380 e. The van der Waals surface area contributed by atoms with Crippen LogP contribution >= 0.6 is 11.8 Å². The molecule has 0 aliphatic carbocycles. The van der Waals surface area contributed by atoms with Crippen molar-refractivity contribution in [2.45, 2.75) is 64.1 Å². The Bertz CT molecular complexity index is 274. The summed E-state index contributed by atoms with van der Waals surface area (Å²) in [5, 5.41) is 3.85. The minimum atomic E-state index is 0.175. The third-order valence-electron chi connectivity index (χ3n) is 4.65. The fourth-order valence-electron chi connectivity index (χ4n) is 3.24. The van der Waals surface area contributed by atoms with Crippen molar-refractivity contribution >= 4 is 11.8 Å². The van der Waals surface area contributed by atoms with Crippen molar-refractivity contribution in [3.05, 3.63) is 0 Å². The second-order valence-corrected chi connectivity index (χ2v) is 7.73. The smallest absolute Gasteiger partial charge is 0.0713 e. The van der Waals surface area contributed by atoms with Crippen molar-refractivity contribution in [2.75, 3.05) is 31.3 Å². The SMILES string of the molecule is CCOCC(NC1CCOC2(CCSCC2)C1)C(C)C. The Hall–Kier alpha value is 0.230. The van der Waals surface area contributed by atoms with Gasteiger partial charge in [0.2, 0.25) is 0 Å². The molecule has 1 N–H and O–H groups in total. The lowest BCUT2D eigenvalue weighted by Gasteiger charge is -2.44. The van der Waals surface area contributed by atoms with Gasteiger partial charge in [0.25, 0.3) is 0 Å². The Balaban J connectivity index is 1.87. The van der Waals surface area contributed by atoms with Crippen LogP contribution in [-0.2, 0) is 9.47 Å². The monoisotopic (exact) mass is 301 g/mol. The van der Waals surface area contributed by atoms with Crippen molar-refractivity contribution in [2.24, 2.45) is 5.92 Å². The standard InChI is InChI=1S/C16H31NO2S/c1-4-18-12-15(13(2)3)17-14-5-8-19-16(11-14)6-9-20-10-7-16/h13-15,17H,4-12H2,1-3H3. The Kier molecular flexibility index (Phi) is 6.66. The predicted octanol–water partition coefficient (Wildman–Crippen LogP) is 3.08. The second-order valence-electron chi connectivity index (χ2n) is 6.51. The highest BCUT2D eigenvalue weighted by Crippen LogP contribution is 2.37. The van der Waals surface area contributed by atoms with Gasteiger partial charge in [-0.1, -0.05) is 13.8 Å². The second kappa shape index (κ2) is 8.02. The molecule has 0 aromatic rings. The van der Waals surface area contributed by atoms with Crippen molar-refractivity contribution < 1.29 is 9.47 Å². The van der Waals surface area contributed by atoms with E-state index in [0.717, 1.165) is 26.2 Å². The van der Waals surface area contributed by atoms with Crippen LogP contribution in [0.25, 0.3) is 0 Å². The molecule has 2 saturated heterocycles. The fraction of sp³-hybridized carbons (Fsp3) is 1.00. The molecule has 2 atom stereocenters. The Morgan fingerprint density at radius 1 is 1.35 bits per heavy atom. The summed E-state index contributed by atoms with van der Waals surface area (Å²) >= 11 is 2.07. The van der Waals surface area contributed by atoms with Crippen molar-refractivity contribution in [1.82, 2.24) is 5.32 Å². The average Bonchev–Trinajstić information content (AvgIpc) is 2.44. The van der Waals surface area contributed by atoms with Gasteiger partial charge in [0.1, 0.15) is 0 Å². The van der Waals surface area contributed by atoms with Gasteiger partial charge in [-0.25, -0.2) is 0 Å². The maximum absolute atomic E-state index is 6.18. The van der Waals surface area contributed by atoms with Gasteiger partial charge >= 0.3 is 0 Å². The van der Waals surface area contributed by atoms with E-state index in [9.17, 15) is 0 Å². The average molecular weight is 301 g/mol. The van der Waals surface area contributed by atoms with Crippen LogP contribution in [0.3, 0.4) is 0 Å². The summed E-state index contributed by atoms with van der Waals surface area (Å²) in [5.74, 6) is 3.14. The quantitative estimate of drug-likeness (QED) is 0.817. The number of hydrogen-bond donors (Lipinski definition) is 1. The Morgan fingerprint density at radius 2 is 2.10 bits per heavy atom. The van der Waals surface area contributed by atoms with Crippen molar-refractivity contribution in [3.8, 4) is 0 Å². The van der Waals surface area contributed by atoms with Gasteiger partial charge in [-0.3, -0.25) is 0 Å². The molecule has 20 heavy (non-hydrogen) atoms. The lowest BCUT2D eigenvalue weighted by Crippen LogP contribution is -2.53. The lowest BCUT2D eigenvalue weighted by molar-refractivity contribution is -0.0956. The normalized spacial score (nSPS) is 27.9. The first-order chi connectivity index (χ1) is 9.65. The molecule has 0 saturated carbocycles. The lowest BCUT2D eigenvalue weighted by atomic mass is 9.85. The molecule has 0 radical (unpaired) electrons. The summed E-state index contributed by atoms with van der Waals surface area (Å²) in [4.78, 5) is 0. The minimum Gasteiger partial charge on any atom is -0.380 e. The van der Waals surface area contributed by atoms with E-state index >= 15 is 0 Å².